The van der Waals surface area contributed by atoms with Crippen molar-refractivity contribution in [3.8, 4) is 0 Å². The van der Waals surface area contributed by atoms with Crippen LogP contribution in [0.4, 0.5) is 5.82 Å². The van der Waals surface area contributed by atoms with Crippen molar-refractivity contribution in [2.75, 3.05) is 11.5 Å². The average molecular weight is 381 g/mol. The van der Waals surface area contributed by atoms with Crippen molar-refractivity contribution in [3.63, 3.8) is 0 Å². The maximum Gasteiger partial charge on any atom is 0.351 e. The van der Waals surface area contributed by atoms with E-state index < -0.39 is 17.4 Å². The number of hydrogen-bond donors (Lipinski definition) is 1. The Morgan fingerprint density at radius 3 is 2.92 bits per heavy atom. The molecule has 0 aromatic carbocycles. The molecule has 5 atom stereocenters. The lowest BCUT2D eigenvalue weighted by atomic mass is 9.75. The van der Waals surface area contributed by atoms with Crippen molar-refractivity contribution in [2.45, 2.75) is 57.8 Å². The van der Waals surface area contributed by atoms with Gasteiger partial charge in [-0.2, -0.15) is 4.98 Å². The molecule has 0 radical (unpaired) electrons. The zero-order valence-corrected chi connectivity index (χ0v) is 16.3. The van der Waals surface area contributed by atoms with Gasteiger partial charge in [-0.25, -0.2) is 9.59 Å². The Kier molecular flexibility index (Phi) is 5.92. The van der Waals surface area contributed by atoms with Crippen molar-refractivity contribution in [1.29, 1.82) is 0 Å². The van der Waals surface area contributed by atoms with Crippen LogP contribution < -0.4 is 11.4 Å². The van der Waals surface area contributed by atoms with Crippen LogP contribution in [-0.2, 0) is 14.3 Å². The molecule has 1 aromatic heterocycles. The number of rotatable bonds is 4. The summed E-state index contributed by atoms with van der Waals surface area (Å²) in [5, 5.41) is 0. The van der Waals surface area contributed by atoms with Crippen LogP contribution in [0.2, 0.25) is 0 Å². The number of aromatic nitrogens is 2. The van der Waals surface area contributed by atoms with Crippen molar-refractivity contribution in [3.05, 3.63) is 22.7 Å². The number of hydrogen-bond acceptors (Lipinski definition) is 7. The van der Waals surface area contributed by atoms with E-state index in [4.69, 9.17) is 15.2 Å². The van der Waals surface area contributed by atoms with Gasteiger partial charge < -0.3 is 15.2 Å². The van der Waals surface area contributed by atoms with Gasteiger partial charge in [-0.1, -0.05) is 27.2 Å². The summed E-state index contributed by atoms with van der Waals surface area (Å²) in [6.07, 6.45) is 4.11. The van der Waals surface area contributed by atoms with Gasteiger partial charge in [0, 0.05) is 11.9 Å². The van der Waals surface area contributed by atoms with E-state index in [2.05, 4.69) is 25.8 Å². The normalized spacial score (nSPS) is 31.9. The third-order valence-corrected chi connectivity index (χ3v) is 6.34. The van der Waals surface area contributed by atoms with E-state index in [1.807, 2.05) is 0 Å². The molecule has 1 saturated heterocycles. The zero-order chi connectivity index (χ0) is 18.8. The standard InChI is InChI=1S/C18H27N3O4S/c1-10(2)12-5-4-11(3)8-13(12)24-16(22)17-25-15(9-26-17)21-7-6-14(19)20-18(21)23/h6-7,10-13,15,17H,4-5,8-9H2,1-3H3,(H2,19,20,23)/t11-,12+,13+,15+,17-/m0/s1. The number of ether oxygens (including phenoxy) is 2. The molecule has 7 nitrogen and oxygen atoms in total. The third-order valence-electron chi connectivity index (χ3n) is 5.25. The van der Waals surface area contributed by atoms with Gasteiger partial charge in [-0.05, 0) is 36.7 Å². The van der Waals surface area contributed by atoms with Gasteiger partial charge in [0.2, 0.25) is 5.44 Å². The summed E-state index contributed by atoms with van der Waals surface area (Å²) in [7, 11) is 0. The molecule has 0 unspecified atom stereocenters. The minimum absolute atomic E-state index is 0.0598. The summed E-state index contributed by atoms with van der Waals surface area (Å²) >= 11 is 1.35. The second-order valence-corrected chi connectivity index (χ2v) is 8.69. The largest absolute Gasteiger partial charge is 0.459 e. The number of carbonyl (C=O) groups is 1. The number of anilines is 1. The van der Waals surface area contributed by atoms with E-state index >= 15 is 0 Å². The SMILES string of the molecule is CC(C)[C@H]1CC[C@H](C)C[C@H]1OC(=O)[C@H]1O[C@@H](n2ccc(N)nc2=O)CS1. The Labute approximate surface area is 157 Å². The third kappa shape index (κ3) is 4.23. The molecule has 0 amide bonds. The molecule has 2 N–H and O–H groups in total. The molecule has 0 spiro atoms. The number of nitrogens with two attached hydrogens (primary N) is 1. The van der Waals surface area contributed by atoms with Crippen molar-refractivity contribution < 1.29 is 14.3 Å². The lowest BCUT2D eigenvalue weighted by Crippen LogP contribution is -2.38. The van der Waals surface area contributed by atoms with E-state index in [1.165, 1.54) is 28.8 Å². The molecule has 144 valence electrons. The quantitative estimate of drug-likeness (QED) is 0.800. The van der Waals surface area contributed by atoms with E-state index in [0.717, 1.165) is 12.8 Å². The molecule has 26 heavy (non-hydrogen) atoms. The number of esters is 1. The molecule has 2 fully saturated rings. The van der Waals surface area contributed by atoms with Gasteiger partial charge in [0.05, 0.1) is 0 Å². The lowest BCUT2D eigenvalue weighted by Gasteiger charge is -2.37. The van der Waals surface area contributed by atoms with Crippen LogP contribution >= 0.6 is 11.8 Å². The van der Waals surface area contributed by atoms with Crippen molar-refractivity contribution in [1.82, 2.24) is 9.55 Å². The summed E-state index contributed by atoms with van der Waals surface area (Å²) in [5.74, 6) is 1.73. The minimum Gasteiger partial charge on any atom is -0.459 e. The van der Waals surface area contributed by atoms with Gasteiger partial charge in [-0.3, -0.25) is 4.57 Å². The molecule has 8 heteroatoms. The maximum atomic E-state index is 12.6. The Balaban J connectivity index is 1.63. The second-order valence-electron chi connectivity index (χ2n) is 7.60. The summed E-state index contributed by atoms with van der Waals surface area (Å²) in [5.41, 5.74) is 4.32. The smallest absolute Gasteiger partial charge is 0.351 e. The van der Waals surface area contributed by atoms with Crippen molar-refractivity contribution >= 4 is 23.5 Å². The molecule has 3 rings (SSSR count). The molecule has 1 saturated carbocycles. The van der Waals surface area contributed by atoms with Crippen LogP contribution in [0.15, 0.2) is 17.1 Å². The van der Waals surface area contributed by atoms with Gasteiger partial charge >= 0.3 is 11.7 Å². The molecular weight excluding hydrogens is 354 g/mol. The van der Waals surface area contributed by atoms with E-state index in [0.29, 0.717) is 23.5 Å². The highest BCUT2D eigenvalue weighted by Crippen LogP contribution is 2.37. The average Bonchev–Trinajstić information content (AvgIpc) is 3.04. The minimum atomic E-state index is -0.713. The Hall–Kier alpha value is -1.54. The van der Waals surface area contributed by atoms with Gasteiger partial charge in [-0.15, -0.1) is 11.8 Å². The lowest BCUT2D eigenvalue weighted by molar-refractivity contribution is -0.166. The summed E-state index contributed by atoms with van der Waals surface area (Å²) in [6.45, 7) is 6.56. The molecule has 1 aliphatic carbocycles. The number of carbonyl (C=O) groups excluding carboxylic acids is 1. The fourth-order valence-corrected chi connectivity index (χ4v) is 4.74. The van der Waals surface area contributed by atoms with Crippen LogP contribution in [0.5, 0.6) is 0 Å². The van der Waals surface area contributed by atoms with Gasteiger partial charge in [0.25, 0.3) is 0 Å². The van der Waals surface area contributed by atoms with E-state index in [-0.39, 0.29) is 17.9 Å². The van der Waals surface area contributed by atoms with Gasteiger partial charge in [0.1, 0.15) is 18.1 Å². The molecule has 0 bridgehead atoms. The van der Waals surface area contributed by atoms with Crippen LogP contribution in [0, 0.1) is 17.8 Å². The van der Waals surface area contributed by atoms with Crippen LogP contribution in [0.3, 0.4) is 0 Å². The highest BCUT2D eigenvalue weighted by molar-refractivity contribution is 8.00. The van der Waals surface area contributed by atoms with Crippen LogP contribution in [0.25, 0.3) is 0 Å². The molecular formula is C18H27N3O4S. The van der Waals surface area contributed by atoms with E-state index in [1.54, 1.807) is 6.20 Å². The predicted molar refractivity (Wildman–Crippen MR) is 101 cm³/mol. The first-order chi connectivity index (χ1) is 12.3. The zero-order valence-electron chi connectivity index (χ0n) is 15.5. The summed E-state index contributed by atoms with van der Waals surface area (Å²) in [6, 6.07) is 1.54. The molecule has 2 heterocycles. The van der Waals surface area contributed by atoms with Crippen molar-refractivity contribution in [2.24, 2.45) is 17.8 Å². The first-order valence-electron chi connectivity index (χ1n) is 9.17. The maximum absolute atomic E-state index is 12.6. The topological polar surface area (TPSA) is 96.4 Å². The fraction of sp³-hybridized carbons (Fsp3) is 0.722. The van der Waals surface area contributed by atoms with Crippen LogP contribution in [-0.4, -0.2) is 32.8 Å². The highest BCUT2D eigenvalue weighted by atomic mass is 32.2. The first-order valence-corrected chi connectivity index (χ1v) is 10.2. The van der Waals surface area contributed by atoms with E-state index in [9.17, 15) is 9.59 Å². The fourth-order valence-electron chi connectivity index (χ4n) is 3.76. The highest BCUT2D eigenvalue weighted by Gasteiger charge is 2.38. The Morgan fingerprint density at radius 2 is 2.23 bits per heavy atom. The number of nitrogen functional groups attached to an aromatic ring is 1. The summed E-state index contributed by atoms with van der Waals surface area (Å²) in [4.78, 5) is 28.3. The molecule has 1 aliphatic heterocycles. The first kappa shape index (κ1) is 19.2. The Bertz CT molecular complexity index is 708. The Morgan fingerprint density at radius 1 is 1.46 bits per heavy atom. The number of nitrogens with zero attached hydrogens (tertiary/aromatic N) is 2. The molecule has 1 aromatic rings. The number of thioether (sulfide) groups is 1. The molecule has 2 aliphatic rings. The predicted octanol–water partition coefficient (Wildman–Crippen LogP) is 2.42. The van der Waals surface area contributed by atoms with Gasteiger partial charge in [0.15, 0.2) is 0 Å². The monoisotopic (exact) mass is 381 g/mol. The second kappa shape index (κ2) is 8.00. The van der Waals surface area contributed by atoms with Crippen LogP contribution in [0.1, 0.15) is 46.3 Å². The summed E-state index contributed by atoms with van der Waals surface area (Å²) < 4.78 is 13.0.